The summed E-state index contributed by atoms with van der Waals surface area (Å²) in [6, 6.07) is 0. The van der Waals surface area contributed by atoms with Crippen molar-refractivity contribution in [3.63, 3.8) is 0 Å². The van der Waals surface area contributed by atoms with Gasteiger partial charge in [-0.3, -0.25) is 0 Å². The lowest BCUT2D eigenvalue weighted by atomic mass is 10.2. The zero-order valence-electron chi connectivity index (χ0n) is 5.32. The molecule has 0 aliphatic rings. The van der Waals surface area contributed by atoms with Gasteiger partial charge in [0.15, 0.2) is 0 Å². The molecule has 0 aromatic rings. The molecule has 0 aliphatic carbocycles. The third-order valence-electron chi connectivity index (χ3n) is 1.02. The first-order valence-electron chi connectivity index (χ1n) is 2.95. The van der Waals surface area contributed by atoms with Gasteiger partial charge in [-0.2, -0.15) is 0 Å². The van der Waals surface area contributed by atoms with Crippen molar-refractivity contribution in [2.24, 2.45) is 0 Å². The van der Waals surface area contributed by atoms with E-state index in [1.165, 1.54) is 0 Å². The molecule has 2 heteroatoms. The summed E-state index contributed by atoms with van der Waals surface area (Å²) < 4.78 is 0.718. The van der Waals surface area contributed by atoms with Crippen LogP contribution in [0.25, 0.3) is 0 Å². The maximum absolute atomic E-state index is 5.86. The van der Waals surface area contributed by atoms with Crippen LogP contribution in [0.3, 0.4) is 0 Å². The number of alkyl halides is 2. The maximum atomic E-state index is 5.86. The van der Waals surface area contributed by atoms with Gasteiger partial charge < -0.3 is 0 Å². The van der Waals surface area contributed by atoms with Crippen LogP contribution in [0.2, 0.25) is 0 Å². The van der Waals surface area contributed by atoms with Crippen molar-refractivity contribution in [1.29, 1.82) is 0 Å². The molecule has 0 saturated carbocycles. The average molecular weight is 247 g/mol. The standard InChI is InChI=1S/C6H12ClI/c1-3-6(7)4-5(2)8/h5-6H,3-4H2,1-2H3. The lowest BCUT2D eigenvalue weighted by Gasteiger charge is -2.06. The molecule has 0 nitrogen and oxygen atoms in total. The van der Waals surface area contributed by atoms with E-state index in [-0.39, 0.29) is 0 Å². The number of hydrogen-bond acceptors (Lipinski definition) is 0. The van der Waals surface area contributed by atoms with Crippen molar-refractivity contribution in [3.05, 3.63) is 0 Å². The van der Waals surface area contributed by atoms with Gasteiger partial charge in [-0.25, -0.2) is 0 Å². The molecule has 0 fully saturated rings. The summed E-state index contributed by atoms with van der Waals surface area (Å²) in [5.74, 6) is 0. The summed E-state index contributed by atoms with van der Waals surface area (Å²) in [4.78, 5) is 0. The molecular formula is C6H12ClI. The fraction of sp³-hybridized carbons (Fsp3) is 1.00. The second-order valence-electron chi connectivity index (χ2n) is 2.02. The third-order valence-corrected chi connectivity index (χ3v) is 2.02. The highest BCUT2D eigenvalue weighted by Crippen LogP contribution is 2.14. The van der Waals surface area contributed by atoms with Crippen LogP contribution in [0.15, 0.2) is 0 Å². The Morgan fingerprint density at radius 3 is 2.25 bits per heavy atom. The van der Waals surface area contributed by atoms with E-state index >= 15 is 0 Å². The van der Waals surface area contributed by atoms with Gasteiger partial charge in [0.2, 0.25) is 0 Å². The molecule has 8 heavy (non-hydrogen) atoms. The van der Waals surface area contributed by atoms with Crippen molar-refractivity contribution < 1.29 is 0 Å². The normalized spacial score (nSPS) is 18.0. The Balaban J connectivity index is 3.10. The minimum absolute atomic E-state index is 0.391. The molecule has 0 spiro atoms. The highest BCUT2D eigenvalue weighted by molar-refractivity contribution is 14.1. The van der Waals surface area contributed by atoms with Crippen LogP contribution < -0.4 is 0 Å². The van der Waals surface area contributed by atoms with E-state index < -0.39 is 0 Å². The van der Waals surface area contributed by atoms with E-state index in [0.29, 0.717) is 5.38 Å². The van der Waals surface area contributed by atoms with Crippen LogP contribution in [0.5, 0.6) is 0 Å². The fourth-order valence-electron chi connectivity index (χ4n) is 0.519. The zero-order valence-corrected chi connectivity index (χ0v) is 8.24. The van der Waals surface area contributed by atoms with Crippen LogP contribution in [0, 0.1) is 0 Å². The largest absolute Gasteiger partial charge is 0.123 e. The monoisotopic (exact) mass is 246 g/mol. The molecule has 0 aliphatic heterocycles. The molecule has 0 aromatic heterocycles. The van der Waals surface area contributed by atoms with Gasteiger partial charge in [-0.15, -0.1) is 11.6 Å². The molecule has 2 unspecified atom stereocenters. The van der Waals surface area contributed by atoms with E-state index in [2.05, 4.69) is 36.4 Å². The van der Waals surface area contributed by atoms with Crippen molar-refractivity contribution >= 4 is 34.2 Å². The Bertz CT molecular complexity index is 54.5. The van der Waals surface area contributed by atoms with Gasteiger partial charge in [0.05, 0.1) is 0 Å². The van der Waals surface area contributed by atoms with Gasteiger partial charge in [0, 0.05) is 9.30 Å². The highest BCUT2D eigenvalue weighted by Gasteiger charge is 2.03. The Hall–Kier alpha value is 1.02. The molecular weight excluding hydrogens is 234 g/mol. The lowest BCUT2D eigenvalue weighted by molar-refractivity contribution is 0.735. The van der Waals surface area contributed by atoms with Gasteiger partial charge in [-0.1, -0.05) is 36.4 Å². The summed E-state index contributed by atoms with van der Waals surface area (Å²) in [7, 11) is 0. The third kappa shape index (κ3) is 5.16. The molecule has 0 bridgehead atoms. The minimum atomic E-state index is 0.391. The quantitative estimate of drug-likeness (QED) is 0.530. The zero-order chi connectivity index (χ0) is 6.57. The van der Waals surface area contributed by atoms with Crippen LogP contribution in [-0.2, 0) is 0 Å². The predicted molar refractivity (Wildman–Crippen MR) is 48.0 cm³/mol. The van der Waals surface area contributed by atoms with Crippen molar-refractivity contribution in [1.82, 2.24) is 0 Å². The molecule has 0 N–H and O–H groups in total. The first-order valence-corrected chi connectivity index (χ1v) is 4.63. The second-order valence-corrected chi connectivity index (χ2v) is 4.77. The number of hydrogen-bond donors (Lipinski definition) is 0. The fourth-order valence-corrected chi connectivity index (χ4v) is 1.70. The van der Waals surface area contributed by atoms with Crippen LogP contribution in [0.4, 0.5) is 0 Å². The Morgan fingerprint density at radius 1 is 1.62 bits per heavy atom. The topological polar surface area (TPSA) is 0 Å². The predicted octanol–water partition coefficient (Wildman–Crippen LogP) is 3.22. The van der Waals surface area contributed by atoms with Gasteiger partial charge >= 0.3 is 0 Å². The van der Waals surface area contributed by atoms with Gasteiger partial charge in [-0.05, 0) is 12.8 Å². The summed E-state index contributed by atoms with van der Waals surface area (Å²) in [6.07, 6.45) is 2.23. The second kappa shape index (κ2) is 4.86. The Kier molecular flexibility index (Phi) is 5.48. The van der Waals surface area contributed by atoms with E-state index in [1.807, 2.05) is 0 Å². The van der Waals surface area contributed by atoms with Crippen LogP contribution in [0.1, 0.15) is 26.7 Å². The molecule has 50 valence electrons. The number of rotatable bonds is 3. The van der Waals surface area contributed by atoms with Gasteiger partial charge in [0.1, 0.15) is 0 Å². The molecule has 0 radical (unpaired) electrons. The highest BCUT2D eigenvalue weighted by atomic mass is 127. The van der Waals surface area contributed by atoms with E-state index in [9.17, 15) is 0 Å². The molecule has 0 amide bonds. The lowest BCUT2D eigenvalue weighted by Crippen LogP contribution is -2.02. The van der Waals surface area contributed by atoms with Crippen LogP contribution >= 0.6 is 34.2 Å². The Labute approximate surface area is 70.1 Å². The van der Waals surface area contributed by atoms with E-state index in [0.717, 1.165) is 16.8 Å². The molecule has 2 atom stereocenters. The van der Waals surface area contributed by atoms with Gasteiger partial charge in [0.25, 0.3) is 0 Å². The van der Waals surface area contributed by atoms with Crippen molar-refractivity contribution in [2.45, 2.75) is 36.0 Å². The molecule has 0 heterocycles. The SMILES string of the molecule is CCC(Cl)CC(C)I. The van der Waals surface area contributed by atoms with E-state index in [4.69, 9.17) is 11.6 Å². The summed E-state index contributed by atoms with van der Waals surface area (Å²) >= 11 is 8.25. The summed E-state index contributed by atoms with van der Waals surface area (Å²) in [6.45, 7) is 4.31. The minimum Gasteiger partial charge on any atom is -0.123 e. The van der Waals surface area contributed by atoms with Crippen LogP contribution in [-0.4, -0.2) is 9.30 Å². The molecule has 0 saturated heterocycles. The van der Waals surface area contributed by atoms with E-state index in [1.54, 1.807) is 0 Å². The molecule has 0 aromatic carbocycles. The smallest absolute Gasteiger partial charge is 0.0343 e. The summed E-state index contributed by atoms with van der Waals surface area (Å²) in [5, 5.41) is 0.391. The average Bonchev–Trinajstić information content (AvgIpc) is 1.65. The first-order chi connectivity index (χ1) is 3.66. The van der Waals surface area contributed by atoms with Crippen molar-refractivity contribution in [2.75, 3.05) is 0 Å². The van der Waals surface area contributed by atoms with Crippen molar-refractivity contribution in [3.8, 4) is 0 Å². The maximum Gasteiger partial charge on any atom is 0.0343 e. The summed E-state index contributed by atoms with van der Waals surface area (Å²) in [5.41, 5.74) is 0. The number of halogens is 2. The molecule has 0 rings (SSSR count). The first kappa shape index (κ1) is 9.02. The Morgan fingerprint density at radius 2 is 2.12 bits per heavy atom.